The van der Waals surface area contributed by atoms with Crippen molar-refractivity contribution in [3.8, 4) is 5.88 Å². The van der Waals surface area contributed by atoms with Gasteiger partial charge in [-0.25, -0.2) is 4.98 Å². The van der Waals surface area contributed by atoms with Gasteiger partial charge in [0.1, 0.15) is 0 Å². The Morgan fingerprint density at radius 1 is 1.12 bits per heavy atom. The van der Waals surface area contributed by atoms with Crippen molar-refractivity contribution in [2.45, 2.75) is 12.8 Å². The highest BCUT2D eigenvalue weighted by atomic mass is 16.5. The largest absolute Gasteiger partial charge is 0.476 e. The van der Waals surface area contributed by atoms with Crippen LogP contribution in [0.3, 0.4) is 0 Å². The number of pyridine rings is 1. The summed E-state index contributed by atoms with van der Waals surface area (Å²) in [6.45, 7) is 4.50. The van der Waals surface area contributed by atoms with E-state index in [-0.39, 0.29) is 0 Å². The number of hydrogen-bond donors (Lipinski definition) is 3. The van der Waals surface area contributed by atoms with Crippen LogP contribution in [0.5, 0.6) is 5.88 Å². The Morgan fingerprint density at radius 2 is 2.00 bits per heavy atom. The fourth-order valence-electron chi connectivity index (χ4n) is 1.72. The van der Waals surface area contributed by atoms with Crippen LogP contribution in [0.1, 0.15) is 12.8 Å². The molecule has 17 heavy (non-hydrogen) atoms. The lowest BCUT2D eigenvalue weighted by Gasteiger charge is -2.11. The van der Waals surface area contributed by atoms with Gasteiger partial charge in [-0.3, -0.25) is 0 Å². The molecule has 0 atom stereocenters. The lowest BCUT2D eigenvalue weighted by Crippen LogP contribution is -2.26. The van der Waals surface area contributed by atoms with Gasteiger partial charge in [0.25, 0.3) is 0 Å². The fraction of sp³-hybridized carbons (Fsp3) is 0.583. The quantitative estimate of drug-likeness (QED) is 0.622. The third kappa shape index (κ3) is 4.20. The normalized spacial score (nSPS) is 18.6. The molecule has 0 fully saturated rings. The van der Waals surface area contributed by atoms with Crippen molar-refractivity contribution in [3.63, 3.8) is 0 Å². The molecule has 1 aromatic rings. The van der Waals surface area contributed by atoms with Gasteiger partial charge >= 0.3 is 0 Å². The predicted molar refractivity (Wildman–Crippen MR) is 68.3 cm³/mol. The molecule has 1 aliphatic heterocycles. The molecule has 0 saturated carbocycles. The molecular formula is C12H20N4O. The number of anilines is 1. The number of rotatable bonds is 0. The summed E-state index contributed by atoms with van der Waals surface area (Å²) in [6, 6.07) is 3.90. The molecule has 0 saturated heterocycles. The highest BCUT2D eigenvalue weighted by molar-refractivity contribution is 5.51. The fourth-order valence-corrected chi connectivity index (χ4v) is 1.72. The molecule has 0 amide bonds. The van der Waals surface area contributed by atoms with Crippen LogP contribution in [0, 0.1) is 0 Å². The Hall–Kier alpha value is -1.33. The molecule has 0 radical (unpaired) electrons. The SMILES string of the molecule is c1cnc2c(c1)NCNCCCNCCCO2. The van der Waals surface area contributed by atoms with E-state index >= 15 is 0 Å². The first-order valence-electron chi connectivity index (χ1n) is 6.20. The number of ether oxygens (including phenoxy) is 1. The topological polar surface area (TPSA) is 58.2 Å². The zero-order chi connectivity index (χ0) is 11.8. The lowest BCUT2D eigenvalue weighted by molar-refractivity contribution is 0.298. The van der Waals surface area contributed by atoms with Gasteiger partial charge in [-0.05, 0) is 44.6 Å². The van der Waals surface area contributed by atoms with Crippen molar-refractivity contribution in [3.05, 3.63) is 18.3 Å². The van der Waals surface area contributed by atoms with Crippen molar-refractivity contribution in [1.29, 1.82) is 0 Å². The Kier molecular flexibility index (Phi) is 5.06. The summed E-state index contributed by atoms with van der Waals surface area (Å²) in [7, 11) is 0. The summed E-state index contributed by atoms with van der Waals surface area (Å²) < 4.78 is 5.66. The van der Waals surface area contributed by atoms with E-state index in [0.29, 0.717) is 12.5 Å². The standard InChI is InChI=1S/C12H20N4O/c1-4-11-12(15-8-1)17-9-3-7-13-5-2-6-14-10-16-11/h1,4,8,13-14,16H,2-3,5-7,9-10H2. The molecule has 1 aliphatic rings. The van der Waals surface area contributed by atoms with Gasteiger partial charge in [-0.1, -0.05) is 0 Å². The smallest absolute Gasteiger partial charge is 0.237 e. The van der Waals surface area contributed by atoms with Gasteiger partial charge in [-0.15, -0.1) is 0 Å². The Morgan fingerprint density at radius 3 is 3.00 bits per heavy atom. The minimum atomic E-state index is 0.688. The molecule has 5 heteroatoms. The van der Waals surface area contributed by atoms with E-state index in [9.17, 15) is 0 Å². The molecule has 2 heterocycles. The second kappa shape index (κ2) is 7.09. The molecule has 5 nitrogen and oxygen atoms in total. The molecule has 0 bridgehead atoms. The van der Waals surface area contributed by atoms with Crippen molar-refractivity contribution in [2.75, 3.05) is 38.2 Å². The van der Waals surface area contributed by atoms with E-state index < -0.39 is 0 Å². The first-order valence-corrected chi connectivity index (χ1v) is 6.20. The molecular weight excluding hydrogens is 216 g/mol. The summed E-state index contributed by atoms with van der Waals surface area (Å²) >= 11 is 0. The van der Waals surface area contributed by atoms with Crippen molar-refractivity contribution >= 4 is 5.69 Å². The van der Waals surface area contributed by atoms with E-state index in [2.05, 4.69) is 20.9 Å². The number of fused-ring (bicyclic) bond motifs is 1. The minimum Gasteiger partial charge on any atom is -0.476 e. The van der Waals surface area contributed by atoms with E-state index in [4.69, 9.17) is 4.74 Å². The number of hydrogen-bond acceptors (Lipinski definition) is 5. The van der Waals surface area contributed by atoms with Gasteiger partial charge < -0.3 is 20.7 Å². The zero-order valence-corrected chi connectivity index (χ0v) is 10.0. The van der Waals surface area contributed by atoms with Gasteiger partial charge in [0.15, 0.2) is 0 Å². The van der Waals surface area contributed by atoms with Gasteiger partial charge in [0.05, 0.1) is 19.0 Å². The van der Waals surface area contributed by atoms with Gasteiger partial charge in [0.2, 0.25) is 5.88 Å². The maximum atomic E-state index is 5.66. The molecule has 0 aromatic carbocycles. The molecule has 94 valence electrons. The molecule has 0 aliphatic carbocycles. The highest BCUT2D eigenvalue weighted by Gasteiger charge is 2.04. The van der Waals surface area contributed by atoms with E-state index in [1.807, 2.05) is 12.1 Å². The highest BCUT2D eigenvalue weighted by Crippen LogP contribution is 2.19. The van der Waals surface area contributed by atoms with Gasteiger partial charge in [-0.2, -0.15) is 0 Å². The first kappa shape index (κ1) is 12.1. The van der Waals surface area contributed by atoms with Crippen molar-refractivity contribution in [1.82, 2.24) is 15.6 Å². The first-order chi connectivity index (χ1) is 8.47. The monoisotopic (exact) mass is 236 g/mol. The van der Waals surface area contributed by atoms with Crippen LogP contribution in [0.4, 0.5) is 5.69 Å². The van der Waals surface area contributed by atoms with Crippen LogP contribution in [-0.4, -0.2) is 37.9 Å². The summed E-state index contributed by atoms with van der Waals surface area (Å²) in [6.07, 6.45) is 3.90. The van der Waals surface area contributed by atoms with E-state index in [1.54, 1.807) is 6.20 Å². The van der Waals surface area contributed by atoms with E-state index in [1.165, 1.54) is 0 Å². The molecule has 0 spiro atoms. The summed E-state index contributed by atoms with van der Waals surface area (Å²) in [5.41, 5.74) is 0.951. The number of aromatic nitrogens is 1. The third-order valence-electron chi connectivity index (χ3n) is 2.62. The van der Waals surface area contributed by atoms with Gasteiger partial charge in [0, 0.05) is 6.20 Å². The minimum absolute atomic E-state index is 0.688. The Balaban J connectivity index is 1.95. The van der Waals surface area contributed by atoms with Crippen LogP contribution >= 0.6 is 0 Å². The van der Waals surface area contributed by atoms with Crippen LogP contribution in [0.25, 0.3) is 0 Å². The third-order valence-corrected chi connectivity index (χ3v) is 2.62. The van der Waals surface area contributed by atoms with Crippen LogP contribution in [0.2, 0.25) is 0 Å². The van der Waals surface area contributed by atoms with Crippen LogP contribution < -0.4 is 20.7 Å². The summed E-state index contributed by atoms with van der Waals surface area (Å²) in [5, 5.41) is 10.00. The summed E-state index contributed by atoms with van der Waals surface area (Å²) in [5.74, 6) is 0.688. The number of nitrogens with zero attached hydrogens (tertiary/aromatic N) is 1. The second-order valence-corrected chi connectivity index (χ2v) is 4.02. The molecule has 0 unspecified atom stereocenters. The molecule has 3 N–H and O–H groups in total. The van der Waals surface area contributed by atoms with Crippen LogP contribution in [-0.2, 0) is 0 Å². The average Bonchev–Trinajstić information content (AvgIpc) is 2.38. The summed E-state index contributed by atoms with van der Waals surface area (Å²) in [4.78, 5) is 4.24. The lowest BCUT2D eigenvalue weighted by atomic mass is 10.4. The Labute approximate surface area is 102 Å². The number of nitrogens with one attached hydrogen (secondary N) is 3. The zero-order valence-electron chi connectivity index (χ0n) is 10.0. The van der Waals surface area contributed by atoms with Crippen LogP contribution in [0.15, 0.2) is 18.3 Å². The predicted octanol–water partition coefficient (Wildman–Crippen LogP) is 0.803. The van der Waals surface area contributed by atoms with Crippen molar-refractivity contribution in [2.24, 2.45) is 0 Å². The van der Waals surface area contributed by atoms with E-state index in [0.717, 1.165) is 44.8 Å². The maximum Gasteiger partial charge on any atom is 0.237 e. The van der Waals surface area contributed by atoms with Crippen molar-refractivity contribution < 1.29 is 4.74 Å². The Bertz CT molecular complexity index is 301. The molecule has 2 rings (SSSR count). The molecule has 1 aromatic heterocycles. The average molecular weight is 236 g/mol. The maximum absolute atomic E-state index is 5.66. The second-order valence-electron chi connectivity index (χ2n) is 4.02.